The summed E-state index contributed by atoms with van der Waals surface area (Å²) in [6.45, 7) is 4.62. The number of aryl methyl sites for hydroxylation is 1. The summed E-state index contributed by atoms with van der Waals surface area (Å²) in [4.78, 5) is 6.33. The number of halogens is 1. The zero-order chi connectivity index (χ0) is 17.9. The average Bonchev–Trinajstić information content (AvgIpc) is 2.99. The van der Waals surface area contributed by atoms with E-state index in [9.17, 15) is 0 Å². The van der Waals surface area contributed by atoms with Crippen molar-refractivity contribution in [1.29, 1.82) is 0 Å². The lowest BCUT2D eigenvalue weighted by Crippen LogP contribution is -2.46. The van der Waals surface area contributed by atoms with Gasteiger partial charge in [-0.3, -0.25) is 0 Å². The van der Waals surface area contributed by atoms with Crippen molar-refractivity contribution in [3.63, 3.8) is 0 Å². The van der Waals surface area contributed by atoms with Gasteiger partial charge in [-0.25, -0.2) is 0 Å². The van der Waals surface area contributed by atoms with Crippen LogP contribution in [0.4, 0.5) is 0 Å². The van der Waals surface area contributed by atoms with Crippen LogP contribution in [0, 0.1) is 0 Å². The molecule has 0 saturated heterocycles. The van der Waals surface area contributed by atoms with E-state index in [2.05, 4.69) is 62.1 Å². The Morgan fingerprint density at radius 1 is 1.08 bits per heavy atom. The van der Waals surface area contributed by atoms with Crippen molar-refractivity contribution in [2.75, 3.05) is 14.1 Å². The van der Waals surface area contributed by atoms with Crippen molar-refractivity contribution in [3.8, 4) is 0 Å². The van der Waals surface area contributed by atoms with Gasteiger partial charge in [0.25, 0.3) is 0 Å². The molecule has 3 rings (SSSR count). The number of hydrogen-bond donors (Lipinski definition) is 1. The summed E-state index contributed by atoms with van der Waals surface area (Å²) in [5.74, 6) is 0.712. The molecule has 0 atom stereocenters. The standard InChI is InChI=1S/C23H36N2.ClH/c1-5-7-15-23(25(3)4)16-13-18(14-17-23)22-20(10-6-2)19-11-8-9-12-21(19)24-22;/h8-9,11-12,18,24H,5-7,10,13-17H2,1-4H3;1H. The number of hydrogen-bond acceptors (Lipinski definition) is 1. The topological polar surface area (TPSA) is 19.0 Å². The summed E-state index contributed by atoms with van der Waals surface area (Å²) in [5.41, 5.74) is 4.90. The van der Waals surface area contributed by atoms with E-state index in [-0.39, 0.29) is 12.4 Å². The maximum Gasteiger partial charge on any atom is 0.0459 e. The van der Waals surface area contributed by atoms with E-state index in [1.807, 2.05) is 0 Å². The Bertz CT molecular complexity index is 681. The molecule has 146 valence electrons. The molecule has 2 aromatic rings. The second kappa shape index (κ2) is 9.28. The second-order valence-electron chi connectivity index (χ2n) is 8.31. The van der Waals surface area contributed by atoms with E-state index in [1.165, 1.54) is 68.7 Å². The minimum atomic E-state index is 0. The number of nitrogens with zero attached hydrogens (tertiary/aromatic N) is 1. The van der Waals surface area contributed by atoms with Crippen LogP contribution in [-0.4, -0.2) is 29.5 Å². The minimum absolute atomic E-state index is 0. The molecular formula is C23H37ClN2. The number of nitrogens with one attached hydrogen (secondary N) is 1. The lowest BCUT2D eigenvalue weighted by atomic mass is 9.72. The van der Waals surface area contributed by atoms with E-state index < -0.39 is 0 Å². The fourth-order valence-electron chi connectivity index (χ4n) is 4.96. The van der Waals surface area contributed by atoms with Crippen LogP contribution in [-0.2, 0) is 6.42 Å². The number of fused-ring (bicyclic) bond motifs is 1. The predicted octanol–water partition coefficient (Wildman–Crippen LogP) is 6.69. The zero-order valence-corrected chi connectivity index (χ0v) is 17.9. The molecule has 1 aromatic carbocycles. The summed E-state index contributed by atoms with van der Waals surface area (Å²) >= 11 is 0. The van der Waals surface area contributed by atoms with Gasteiger partial charge < -0.3 is 9.88 Å². The number of para-hydroxylation sites is 1. The molecule has 0 amide bonds. The Hall–Kier alpha value is -0.990. The Kier molecular flexibility index (Phi) is 7.61. The Morgan fingerprint density at radius 2 is 1.77 bits per heavy atom. The fraction of sp³-hybridized carbons (Fsp3) is 0.652. The quantitative estimate of drug-likeness (QED) is 0.570. The molecule has 1 aliphatic rings. The second-order valence-corrected chi connectivity index (χ2v) is 8.31. The molecular weight excluding hydrogens is 340 g/mol. The highest BCUT2D eigenvalue weighted by atomic mass is 35.5. The van der Waals surface area contributed by atoms with Crippen LogP contribution >= 0.6 is 12.4 Å². The molecule has 1 saturated carbocycles. The van der Waals surface area contributed by atoms with Crippen LogP contribution in [0.5, 0.6) is 0 Å². The first-order valence-corrected chi connectivity index (χ1v) is 10.4. The summed E-state index contributed by atoms with van der Waals surface area (Å²) in [6, 6.07) is 8.88. The van der Waals surface area contributed by atoms with E-state index in [4.69, 9.17) is 0 Å². The van der Waals surface area contributed by atoms with E-state index >= 15 is 0 Å². The van der Waals surface area contributed by atoms with Crippen LogP contribution in [0.15, 0.2) is 24.3 Å². The van der Waals surface area contributed by atoms with Crippen molar-refractivity contribution >= 4 is 23.3 Å². The smallest absolute Gasteiger partial charge is 0.0459 e. The highest BCUT2D eigenvalue weighted by molar-refractivity contribution is 5.85. The number of unbranched alkanes of at least 4 members (excludes halogenated alkanes) is 1. The Balaban J connectivity index is 0.00000243. The van der Waals surface area contributed by atoms with Gasteiger partial charge in [-0.1, -0.05) is 51.3 Å². The van der Waals surface area contributed by atoms with Crippen LogP contribution in [0.2, 0.25) is 0 Å². The minimum Gasteiger partial charge on any atom is -0.358 e. The zero-order valence-electron chi connectivity index (χ0n) is 17.1. The first kappa shape index (κ1) is 21.3. The number of benzene rings is 1. The first-order valence-electron chi connectivity index (χ1n) is 10.4. The van der Waals surface area contributed by atoms with Crippen molar-refractivity contribution in [2.45, 2.75) is 83.1 Å². The molecule has 0 unspecified atom stereocenters. The summed E-state index contributed by atoms with van der Waals surface area (Å²) < 4.78 is 0. The third-order valence-electron chi connectivity index (χ3n) is 6.62. The summed E-state index contributed by atoms with van der Waals surface area (Å²) in [7, 11) is 4.59. The molecule has 3 heteroatoms. The van der Waals surface area contributed by atoms with E-state index in [0.29, 0.717) is 11.5 Å². The maximum atomic E-state index is 3.80. The van der Waals surface area contributed by atoms with Gasteiger partial charge in [0.15, 0.2) is 0 Å². The third kappa shape index (κ3) is 4.12. The number of aromatic amines is 1. The van der Waals surface area contributed by atoms with Gasteiger partial charge in [-0.05, 0) is 70.2 Å². The molecule has 2 nitrogen and oxygen atoms in total. The highest BCUT2D eigenvalue weighted by Gasteiger charge is 2.37. The van der Waals surface area contributed by atoms with Gasteiger partial charge in [0.05, 0.1) is 0 Å². The predicted molar refractivity (Wildman–Crippen MR) is 117 cm³/mol. The molecule has 26 heavy (non-hydrogen) atoms. The molecule has 1 aliphatic carbocycles. The average molecular weight is 377 g/mol. The first-order chi connectivity index (χ1) is 12.1. The molecule has 0 bridgehead atoms. The van der Waals surface area contributed by atoms with E-state index in [1.54, 1.807) is 11.3 Å². The largest absolute Gasteiger partial charge is 0.358 e. The molecule has 1 aromatic heterocycles. The van der Waals surface area contributed by atoms with Gasteiger partial charge in [-0.2, -0.15) is 0 Å². The van der Waals surface area contributed by atoms with Gasteiger partial charge in [-0.15, -0.1) is 12.4 Å². The lowest BCUT2D eigenvalue weighted by molar-refractivity contribution is 0.0802. The third-order valence-corrected chi connectivity index (χ3v) is 6.62. The normalized spacial score (nSPS) is 23.3. The fourth-order valence-corrected chi connectivity index (χ4v) is 4.96. The number of H-pyrrole nitrogens is 1. The van der Waals surface area contributed by atoms with Crippen LogP contribution < -0.4 is 0 Å². The van der Waals surface area contributed by atoms with Crippen LogP contribution in [0.1, 0.15) is 82.4 Å². The van der Waals surface area contributed by atoms with Crippen molar-refractivity contribution < 1.29 is 0 Å². The molecule has 0 spiro atoms. The van der Waals surface area contributed by atoms with Crippen molar-refractivity contribution in [1.82, 2.24) is 9.88 Å². The SMILES string of the molecule is CCCCC1(N(C)C)CCC(c2[nH]c3ccccc3c2CCC)CC1.Cl. The maximum absolute atomic E-state index is 3.80. The Labute approximate surface area is 166 Å². The molecule has 0 radical (unpaired) electrons. The van der Waals surface area contributed by atoms with Crippen LogP contribution in [0.25, 0.3) is 10.9 Å². The van der Waals surface area contributed by atoms with Gasteiger partial charge >= 0.3 is 0 Å². The van der Waals surface area contributed by atoms with Gasteiger partial charge in [0.2, 0.25) is 0 Å². The van der Waals surface area contributed by atoms with Crippen molar-refractivity contribution in [2.24, 2.45) is 0 Å². The summed E-state index contributed by atoms with van der Waals surface area (Å²) in [6.07, 6.45) is 11.8. The van der Waals surface area contributed by atoms with Crippen molar-refractivity contribution in [3.05, 3.63) is 35.5 Å². The number of rotatable bonds is 7. The molecule has 1 N–H and O–H groups in total. The lowest BCUT2D eigenvalue weighted by Gasteiger charge is -2.45. The molecule has 1 fully saturated rings. The van der Waals surface area contributed by atoms with Crippen LogP contribution in [0.3, 0.4) is 0 Å². The van der Waals surface area contributed by atoms with Gasteiger partial charge in [0, 0.05) is 22.1 Å². The monoisotopic (exact) mass is 376 g/mol. The number of aromatic nitrogens is 1. The van der Waals surface area contributed by atoms with E-state index in [0.717, 1.165) is 0 Å². The van der Waals surface area contributed by atoms with Gasteiger partial charge in [0.1, 0.15) is 0 Å². The highest BCUT2D eigenvalue weighted by Crippen LogP contribution is 2.44. The summed E-state index contributed by atoms with van der Waals surface area (Å²) in [5, 5.41) is 1.45. The molecule has 1 heterocycles. The Morgan fingerprint density at radius 3 is 2.38 bits per heavy atom. The molecule has 0 aliphatic heterocycles.